The summed E-state index contributed by atoms with van der Waals surface area (Å²) in [5.74, 6) is 0.622. The van der Waals surface area contributed by atoms with Gasteiger partial charge in [-0.25, -0.2) is 0 Å². The highest BCUT2D eigenvalue weighted by Crippen LogP contribution is 2.22. The molecular formula is C14H22O2. The SMILES string of the molecule is CC(C)(C)CCCCCC(=O)c1ccco1. The van der Waals surface area contributed by atoms with Crippen LogP contribution in [0, 0.1) is 5.41 Å². The Morgan fingerprint density at radius 3 is 2.56 bits per heavy atom. The molecule has 0 saturated carbocycles. The van der Waals surface area contributed by atoms with Crippen molar-refractivity contribution in [2.75, 3.05) is 0 Å². The lowest BCUT2D eigenvalue weighted by Gasteiger charge is -2.17. The van der Waals surface area contributed by atoms with Crippen LogP contribution in [0.2, 0.25) is 0 Å². The average molecular weight is 222 g/mol. The van der Waals surface area contributed by atoms with Crippen LogP contribution in [0.15, 0.2) is 22.8 Å². The number of Topliss-reactive ketones (excluding diaryl/α,β-unsaturated/α-hetero) is 1. The number of ketones is 1. The van der Waals surface area contributed by atoms with Crippen molar-refractivity contribution in [1.29, 1.82) is 0 Å². The summed E-state index contributed by atoms with van der Waals surface area (Å²) in [7, 11) is 0. The lowest BCUT2D eigenvalue weighted by molar-refractivity contribution is 0.0952. The van der Waals surface area contributed by atoms with Gasteiger partial charge in [0.15, 0.2) is 11.5 Å². The molecule has 1 aromatic rings. The van der Waals surface area contributed by atoms with E-state index < -0.39 is 0 Å². The molecule has 0 aliphatic heterocycles. The Hall–Kier alpha value is -1.05. The van der Waals surface area contributed by atoms with Crippen molar-refractivity contribution in [1.82, 2.24) is 0 Å². The second-order valence-electron chi connectivity index (χ2n) is 5.52. The third kappa shape index (κ3) is 5.15. The van der Waals surface area contributed by atoms with Crippen LogP contribution in [0.1, 0.15) is 63.4 Å². The molecule has 1 rings (SSSR count). The van der Waals surface area contributed by atoms with Crippen LogP contribution in [0.4, 0.5) is 0 Å². The summed E-state index contributed by atoms with van der Waals surface area (Å²) < 4.78 is 5.06. The number of hydrogen-bond acceptors (Lipinski definition) is 2. The van der Waals surface area contributed by atoms with E-state index >= 15 is 0 Å². The predicted octanol–water partition coefficient (Wildman–Crippen LogP) is 4.46. The zero-order valence-corrected chi connectivity index (χ0v) is 10.6. The first-order valence-electron chi connectivity index (χ1n) is 6.06. The molecule has 16 heavy (non-hydrogen) atoms. The lowest BCUT2D eigenvalue weighted by atomic mass is 9.89. The van der Waals surface area contributed by atoms with Crippen molar-refractivity contribution in [3.8, 4) is 0 Å². The van der Waals surface area contributed by atoms with Crippen LogP contribution in [0.5, 0.6) is 0 Å². The predicted molar refractivity (Wildman–Crippen MR) is 65.6 cm³/mol. The van der Waals surface area contributed by atoms with Gasteiger partial charge in [-0.15, -0.1) is 0 Å². The minimum Gasteiger partial charge on any atom is -0.461 e. The number of carbonyl (C=O) groups is 1. The van der Waals surface area contributed by atoms with Crippen molar-refractivity contribution in [3.63, 3.8) is 0 Å². The van der Waals surface area contributed by atoms with Crippen LogP contribution in [-0.4, -0.2) is 5.78 Å². The molecule has 0 atom stereocenters. The number of furan rings is 1. The van der Waals surface area contributed by atoms with Gasteiger partial charge in [-0.2, -0.15) is 0 Å². The lowest BCUT2D eigenvalue weighted by Crippen LogP contribution is -2.04. The Morgan fingerprint density at radius 2 is 2.00 bits per heavy atom. The maximum atomic E-state index is 11.6. The largest absolute Gasteiger partial charge is 0.461 e. The molecule has 0 bridgehead atoms. The molecule has 1 heterocycles. The summed E-state index contributed by atoms with van der Waals surface area (Å²) in [5.41, 5.74) is 0.408. The molecule has 90 valence electrons. The zero-order chi connectivity index (χ0) is 12.0. The topological polar surface area (TPSA) is 30.2 Å². The first-order chi connectivity index (χ1) is 7.49. The number of hydrogen-bond donors (Lipinski definition) is 0. The van der Waals surface area contributed by atoms with Crippen molar-refractivity contribution >= 4 is 5.78 Å². The van der Waals surface area contributed by atoms with Gasteiger partial charge in [-0.05, 0) is 30.4 Å². The minimum atomic E-state index is 0.126. The second-order valence-corrected chi connectivity index (χ2v) is 5.52. The molecule has 0 spiro atoms. The fourth-order valence-corrected chi connectivity index (χ4v) is 1.68. The third-order valence-corrected chi connectivity index (χ3v) is 2.63. The maximum absolute atomic E-state index is 11.6. The molecular weight excluding hydrogens is 200 g/mol. The van der Waals surface area contributed by atoms with Gasteiger partial charge in [-0.3, -0.25) is 4.79 Å². The fourth-order valence-electron chi connectivity index (χ4n) is 1.68. The molecule has 0 N–H and O–H groups in total. The van der Waals surface area contributed by atoms with E-state index in [0.29, 0.717) is 17.6 Å². The molecule has 0 aliphatic rings. The monoisotopic (exact) mass is 222 g/mol. The number of carbonyl (C=O) groups excluding carboxylic acids is 1. The van der Waals surface area contributed by atoms with Crippen LogP contribution in [-0.2, 0) is 0 Å². The standard InChI is InChI=1S/C14H22O2/c1-14(2,3)10-6-4-5-8-12(15)13-9-7-11-16-13/h7,9,11H,4-6,8,10H2,1-3H3. The first kappa shape index (κ1) is 13.0. The maximum Gasteiger partial charge on any atom is 0.197 e. The molecule has 0 aromatic carbocycles. The number of rotatable bonds is 6. The van der Waals surface area contributed by atoms with Crippen LogP contribution < -0.4 is 0 Å². The Labute approximate surface area is 98.0 Å². The van der Waals surface area contributed by atoms with E-state index in [-0.39, 0.29) is 5.78 Å². The first-order valence-corrected chi connectivity index (χ1v) is 6.06. The van der Waals surface area contributed by atoms with Crippen molar-refractivity contribution in [2.45, 2.75) is 52.9 Å². The van der Waals surface area contributed by atoms with E-state index in [9.17, 15) is 4.79 Å². The minimum absolute atomic E-state index is 0.126. The van der Waals surface area contributed by atoms with Gasteiger partial charge < -0.3 is 4.42 Å². The van der Waals surface area contributed by atoms with Gasteiger partial charge in [0.05, 0.1) is 6.26 Å². The number of unbranched alkanes of at least 4 members (excludes halogenated alkanes) is 2. The van der Waals surface area contributed by atoms with Crippen molar-refractivity contribution < 1.29 is 9.21 Å². The molecule has 0 saturated heterocycles. The van der Waals surface area contributed by atoms with Gasteiger partial charge in [0, 0.05) is 6.42 Å². The van der Waals surface area contributed by atoms with E-state index in [4.69, 9.17) is 4.42 Å². The smallest absolute Gasteiger partial charge is 0.197 e. The van der Waals surface area contributed by atoms with Gasteiger partial charge in [0.1, 0.15) is 0 Å². The van der Waals surface area contributed by atoms with Gasteiger partial charge in [0.2, 0.25) is 0 Å². The zero-order valence-electron chi connectivity index (χ0n) is 10.6. The fraction of sp³-hybridized carbons (Fsp3) is 0.643. The highest BCUT2D eigenvalue weighted by molar-refractivity contribution is 5.93. The van der Waals surface area contributed by atoms with Crippen LogP contribution in [0.25, 0.3) is 0 Å². The molecule has 0 radical (unpaired) electrons. The summed E-state index contributed by atoms with van der Waals surface area (Å²) in [5, 5.41) is 0. The highest BCUT2D eigenvalue weighted by Gasteiger charge is 2.10. The Morgan fingerprint density at radius 1 is 1.25 bits per heavy atom. The summed E-state index contributed by atoms with van der Waals surface area (Å²) >= 11 is 0. The molecule has 0 amide bonds. The summed E-state index contributed by atoms with van der Waals surface area (Å²) in [6.45, 7) is 6.75. The Kier molecular flexibility index (Phi) is 4.78. The molecule has 0 aliphatic carbocycles. The van der Waals surface area contributed by atoms with Gasteiger partial charge in [-0.1, -0.05) is 33.6 Å². The molecule has 1 aromatic heterocycles. The second kappa shape index (κ2) is 5.88. The van der Waals surface area contributed by atoms with Crippen molar-refractivity contribution in [3.05, 3.63) is 24.2 Å². The quantitative estimate of drug-likeness (QED) is 0.525. The van der Waals surface area contributed by atoms with Gasteiger partial charge in [0.25, 0.3) is 0 Å². The van der Waals surface area contributed by atoms with E-state index in [1.165, 1.54) is 12.8 Å². The van der Waals surface area contributed by atoms with E-state index in [1.54, 1.807) is 18.4 Å². The van der Waals surface area contributed by atoms with E-state index in [0.717, 1.165) is 12.8 Å². The molecule has 2 nitrogen and oxygen atoms in total. The van der Waals surface area contributed by atoms with Crippen LogP contribution >= 0.6 is 0 Å². The summed E-state index contributed by atoms with van der Waals surface area (Å²) in [6.07, 6.45) is 6.68. The Balaban J connectivity index is 2.10. The molecule has 0 fully saturated rings. The highest BCUT2D eigenvalue weighted by atomic mass is 16.3. The Bertz CT molecular complexity index is 304. The average Bonchev–Trinajstić information content (AvgIpc) is 2.67. The van der Waals surface area contributed by atoms with Crippen LogP contribution in [0.3, 0.4) is 0 Å². The summed E-state index contributed by atoms with van der Waals surface area (Å²) in [6, 6.07) is 3.49. The van der Waals surface area contributed by atoms with E-state index in [1.807, 2.05) is 0 Å². The molecule has 2 heteroatoms. The summed E-state index contributed by atoms with van der Waals surface area (Å²) in [4.78, 5) is 11.6. The third-order valence-electron chi connectivity index (χ3n) is 2.63. The normalized spacial score (nSPS) is 11.7. The van der Waals surface area contributed by atoms with E-state index in [2.05, 4.69) is 20.8 Å². The van der Waals surface area contributed by atoms with Crippen molar-refractivity contribution in [2.24, 2.45) is 5.41 Å². The molecule has 0 unspecified atom stereocenters. The van der Waals surface area contributed by atoms with Gasteiger partial charge >= 0.3 is 0 Å².